The predicted octanol–water partition coefficient (Wildman–Crippen LogP) is 2.81. The van der Waals surface area contributed by atoms with Crippen molar-refractivity contribution in [2.45, 2.75) is 25.9 Å². The summed E-state index contributed by atoms with van der Waals surface area (Å²) in [4.78, 5) is 11.2. The Morgan fingerprint density at radius 3 is 2.81 bits per heavy atom. The third-order valence-electron chi connectivity index (χ3n) is 4.61. The summed E-state index contributed by atoms with van der Waals surface area (Å²) < 4.78 is 6.13. The van der Waals surface area contributed by atoms with Gasteiger partial charge in [0, 0.05) is 37.7 Å². The Morgan fingerprint density at radius 1 is 1.23 bits per heavy atom. The average Bonchev–Trinajstić information content (AvgIpc) is 3.18. The summed E-state index contributed by atoms with van der Waals surface area (Å²) in [6, 6.07) is 8.18. The molecular formula is C19H22N6O. The van der Waals surface area contributed by atoms with E-state index < -0.39 is 0 Å². The molecule has 1 fully saturated rings. The molecule has 0 unspecified atom stereocenters. The molecule has 3 aromatic rings. The van der Waals surface area contributed by atoms with E-state index >= 15 is 0 Å². The number of benzene rings is 1. The zero-order chi connectivity index (χ0) is 17.9. The first-order valence-corrected chi connectivity index (χ1v) is 8.79. The minimum atomic E-state index is 0.208. The molecule has 0 radical (unpaired) electrons. The highest BCUT2D eigenvalue weighted by Gasteiger charge is 2.23. The normalized spacial score (nSPS) is 15.2. The smallest absolute Gasteiger partial charge is 0.172 e. The quantitative estimate of drug-likeness (QED) is 0.751. The first-order chi connectivity index (χ1) is 12.7. The van der Waals surface area contributed by atoms with Gasteiger partial charge in [-0.1, -0.05) is 12.1 Å². The van der Waals surface area contributed by atoms with Crippen molar-refractivity contribution in [2.24, 2.45) is 0 Å². The summed E-state index contributed by atoms with van der Waals surface area (Å²) in [5.74, 6) is 2.12. The van der Waals surface area contributed by atoms with Crippen LogP contribution in [0.5, 0.6) is 5.75 Å². The van der Waals surface area contributed by atoms with Crippen LogP contribution in [0, 0.1) is 6.92 Å². The van der Waals surface area contributed by atoms with E-state index in [0.29, 0.717) is 5.82 Å². The monoisotopic (exact) mass is 350 g/mol. The molecule has 7 nitrogen and oxygen atoms in total. The minimum Gasteiger partial charge on any atom is -0.490 e. The average molecular weight is 350 g/mol. The van der Waals surface area contributed by atoms with Crippen molar-refractivity contribution in [3.05, 3.63) is 48.4 Å². The number of anilines is 2. The molecule has 134 valence electrons. The van der Waals surface area contributed by atoms with Crippen LogP contribution in [0.15, 0.2) is 42.9 Å². The number of ether oxygens (including phenoxy) is 1. The molecule has 7 heteroatoms. The molecule has 0 amide bonds. The van der Waals surface area contributed by atoms with Gasteiger partial charge in [-0.05, 0) is 24.6 Å². The second kappa shape index (κ2) is 7.03. The number of hydrogen-bond donors (Lipinski definition) is 2. The number of piperidine rings is 1. The predicted molar refractivity (Wildman–Crippen MR) is 101 cm³/mol. The molecule has 0 aliphatic carbocycles. The van der Waals surface area contributed by atoms with E-state index in [1.807, 2.05) is 12.1 Å². The summed E-state index contributed by atoms with van der Waals surface area (Å²) in [7, 11) is 0. The van der Waals surface area contributed by atoms with Gasteiger partial charge in [0.25, 0.3) is 0 Å². The van der Waals surface area contributed by atoms with Gasteiger partial charge in [0.2, 0.25) is 0 Å². The summed E-state index contributed by atoms with van der Waals surface area (Å²) in [5.41, 5.74) is 8.95. The fourth-order valence-electron chi connectivity index (χ4n) is 3.22. The van der Waals surface area contributed by atoms with Crippen molar-refractivity contribution in [3.8, 4) is 17.0 Å². The highest BCUT2D eigenvalue weighted by Crippen LogP contribution is 2.27. The zero-order valence-corrected chi connectivity index (χ0v) is 14.7. The lowest BCUT2D eigenvalue weighted by atomic mass is 10.1. The third kappa shape index (κ3) is 3.46. The van der Waals surface area contributed by atoms with Gasteiger partial charge in [-0.3, -0.25) is 5.10 Å². The van der Waals surface area contributed by atoms with Gasteiger partial charge in [-0.2, -0.15) is 5.10 Å². The lowest BCUT2D eigenvalue weighted by Gasteiger charge is -2.33. The SMILES string of the molecule is Cc1cccc(OC2CCN(c3nc(-c4cn[nH]c4)cnc3N)CC2)c1. The summed E-state index contributed by atoms with van der Waals surface area (Å²) in [6.45, 7) is 3.75. The molecule has 0 saturated carbocycles. The van der Waals surface area contributed by atoms with Crippen molar-refractivity contribution in [2.75, 3.05) is 23.7 Å². The maximum absolute atomic E-state index is 6.13. The molecule has 1 aromatic carbocycles. The Morgan fingerprint density at radius 2 is 2.08 bits per heavy atom. The van der Waals surface area contributed by atoms with Gasteiger partial charge in [0.15, 0.2) is 11.6 Å². The van der Waals surface area contributed by atoms with Crippen molar-refractivity contribution in [1.29, 1.82) is 0 Å². The van der Waals surface area contributed by atoms with Gasteiger partial charge in [-0.25, -0.2) is 9.97 Å². The van der Waals surface area contributed by atoms with Crippen LogP contribution in [-0.2, 0) is 0 Å². The molecule has 0 bridgehead atoms. The third-order valence-corrected chi connectivity index (χ3v) is 4.61. The van der Waals surface area contributed by atoms with Crippen LogP contribution >= 0.6 is 0 Å². The van der Waals surface area contributed by atoms with E-state index in [9.17, 15) is 0 Å². The van der Waals surface area contributed by atoms with Gasteiger partial charge >= 0.3 is 0 Å². The first kappa shape index (κ1) is 16.4. The number of nitrogens with two attached hydrogens (primary N) is 1. The molecular weight excluding hydrogens is 328 g/mol. The zero-order valence-electron chi connectivity index (χ0n) is 14.7. The van der Waals surface area contributed by atoms with Gasteiger partial charge in [-0.15, -0.1) is 0 Å². The van der Waals surface area contributed by atoms with E-state index in [0.717, 1.165) is 48.8 Å². The minimum absolute atomic E-state index is 0.208. The highest BCUT2D eigenvalue weighted by atomic mass is 16.5. The Labute approximate surface area is 152 Å². The maximum atomic E-state index is 6.13. The molecule has 1 saturated heterocycles. The van der Waals surface area contributed by atoms with E-state index in [1.165, 1.54) is 5.56 Å². The van der Waals surface area contributed by atoms with E-state index in [1.54, 1.807) is 18.6 Å². The standard InChI is InChI=1S/C19H22N6O/c1-13-3-2-4-16(9-13)26-15-5-7-25(8-6-15)19-18(20)21-12-17(24-19)14-10-22-23-11-14/h2-4,9-12,15H,5-8H2,1H3,(H2,20,21)(H,22,23). The molecule has 3 N–H and O–H groups in total. The summed E-state index contributed by atoms with van der Waals surface area (Å²) >= 11 is 0. The molecule has 0 spiro atoms. The van der Waals surface area contributed by atoms with Crippen molar-refractivity contribution >= 4 is 11.6 Å². The lowest BCUT2D eigenvalue weighted by molar-refractivity contribution is 0.170. The van der Waals surface area contributed by atoms with Crippen molar-refractivity contribution in [1.82, 2.24) is 20.2 Å². The Kier molecular flexibility index (Phi) is 4.43. The molecule has 0 atom stereocenters. The van der Waals surface area contributed by atoms with Crippen LogP contribution in [0.2, 0.25) is 0 Å². The van der Waals surface area contributed by atoms with E-state index in [2.05, 4.69) is 39.1 Å². The number of nitrogens with zero attached hydrogens (tertiary/aromatic N) is 4. The molecule has 1 aliphatic heterocycles. The number of nitrogen functional groups attached to an aromatic ring is 1. The first-order valence-electron chi connectivity index (χ1n) is 8.79. The number of aromatic nitrogens is 4. The van der Waals surface area contributed by atoms with Crippen LogP contribution < -0.4 is 15.4 Å². The van der Waals surface area contributed by atoms with Crippen LogP contribution in [-0.4, -0.2) is 39.4 Å². The second-order valence-corrected chi connectivity index (χ2v) is 6.57. The van der Waals surface area contributed by atoms with Gasteiger partial charge in [0.1, 0.15) is 11.9 Å². The van der Waals surface area contributed by atoms with Gasteiger partial charge in [0.05, 0.1) is 18.1 Å². The highest BCUT2D eigenvalue weighted by molar-refractivity contribution is 5.65. The topological polar surface area (TPSA) is 93.0 Å². The van der Waals surface area contributed by atoms with Crippen LogP contribution in [0.3, 0.4) is 0 Å². The van der Waals surface area contributed by atoms with E-state index in [4.69, 9.17) is 15.5 Å². The van der Waals surface area contributed by atoms with Crippen LogP contribution in [0.1, 0.15) is 18.4 Å². The Hall–Kier alpha value is -3.09. The Balaban J connectivity index is 1.44. The fraction of sp³-hybridized carbons (Fsp3) is 0.316. The lowest BCUT2D eigenvalue weighted by Crippen LogP contribution is -2.39. The molecule has 4 rings (SSSR count). The number of hydrogen-bond acceptors (Lipinski definition) is 6. The summed E-state index contributed by atoms with van der Waals surface area (Å²) in [6.07, 6.45) is 7.25. The van der Waals surface area contributed by atoms with Crippen molar-refractivity contribution < 1.29 is 4.74 Å². The largest absolute Gasteiger partial charge is 0.490 e. The van der Waals surface area contributed by atoms with E-state index in [-0.39, 0.29) is 6.10 Å². The number of aromatic amines is 1. The molecule has 3 heterocycles. The van der Waals surface area contributed by atoms with Crippen molar-refractivity contribution in [3.63, 3.8) is 0 Å². The molecule has 1 aliphatic rings. The number of aryl methyl sites for hydroxylation is 1. The maximum Gasteiger partial charge on any atom is 0.172 e. The molecule has 2 aromatic heterocycles. The fourth-order valence-corrected chi connectivity index (χ4v) is 3.22. The number of rotatable bonds is 4. The number of nitrogens with one attached hydrogen (secondary N) is 1. The number of H-pyrrole nitrogens is 1. The van der Waals surface area contributed by atoms with Crippen LogP contribution in [0.25, 0.3) is 11.3 Å². The molecule has 26 heavy (non-hydrogen) atoms. The second-order valence-electron chi connectivity index (χ2n) is 6.57. The summed E-state index contributed by atoms with van der Waals surface area (Å²) in [5, 5.41) is 6.76. The Bertz CT molecular complexity index is 871. The van der Waals surface area contributed by atoms with Crippen LogP contribution in [0.4, 0.5) is 11.6 Å². The van der Waals surface area contributed by atoms with Gasteiger partial charge < -0.3 is 15.4 Å².